The van der Waals surface area contributed by atoms with Crippen LogP contribution in [0.5, 0.6) is 0 Å². The van der Waals surface area contributed by atoms with Crippen molar-refractivity contribution in [1.29, 1.82) is 0 Å². The quantitative estimate of drug-likeness (QED) is 0.712. The number of nitrogens with one attached hydrogen (secondary N) is 2. The number of benzene rings is 1. The zero-order valence-electron chi connectivity index (χ0n) is 15.4. The van der Waals surface area contributed by atoms with Gasteiger partial charge in [-0.25, -0.2) is 9.97 Å². The minimum atomic E-state index is 0.110. The largest absolute Gasteiger partial charge is 0.340 e. The zero-order valence-corrected chi connectivity index (χ0v) is 15.4. The van der Waals surface area contributed by atoms with Gasteiger partial charge in [0.1, 0.15) is 5.82 Å². The lowest BCUT2D eigenvalue weighted by molar-refractivity contribution is -0.117. The number of pyridine rings is 1. The first kappa shape index (κ1) is 17.1. The highest BCUT2D eigenvalue weighted by Gasteiger charge is 2.29. The first-order chi connectivity index (χ1) is 13.1. The molecule has 2 heterocycles. The van der Waals surface area contributed by atoms with Gasteiger partial charge < -0.3 is 10.6 Å². The van der Waals surface area contributed by atoms with E-state index in [9.17, 15) is 4.79 Å². The van der Waals surface area contributed by atoms with E-state index in [4.69, 9.17) is 0 Å². The third-order valence-corrected chi connectivity index (χ3v) is 4.67. The molecule has 3 aromatic rings. The minimum absolute atomic E-state index is 0.110. The maximum atomic E-state index is 11.9. The second-order valence-corrected chi connectivity index (χ2v) is 6.81. The van der Waals surface area contributed by atoms with Gasteiger partial charge in [-0.15, -0.1) is 0 Å². The van der Waals surface area contributed by atoms with E-state index in [0.29, 0.717) is 5.82 Å². The summed E-state index contributed by atoms with van der Waals surface area (Å²) >= 11 is 0. The van der Waals surface area contributed by atoms with Crippen molar-refractivity contribution in [2.75, 3.05) is 10.6 Å². The van der Waals surface area contributed by atoms with Crippen LogP contribution < -0.4 is 10.6 Å². The molecule has 0 aliphatic heterocycles. The number of nitrogens with zero attached hydrogens (tertiary/aromatic N) is 3. The molecular formula is C21H21N5O. The maximum absolute atomic E-state index is 11.9. The smallest absolute Gasteiger partial charge is 0.227 e. The zero-order chi connectivity index (χ0) is 18.8. The van der Waals surface area contributed by atoms with E-state index in [2.05, 4.69) is 25.6 Å². The number of hydrogen-bond acceptors (Lipinski definition) is 5. The molecule has 1 aliphatic carbocycles. The van der Waals surface area contributed by atoms with Gasteiger partial charge in [-0.1, -0.05) is 0 Å². The fourth-order valence-electron chi connectivity index (χ4n) is 2.74. The molecule has 1 aromatic carbocycles. The molecule has 0 unspecified atom stereocenters. The minimum Gasteiger partial charge on any atom is -0.340 e. The van der Waals surface area contributed by atoms with Crippen molar-refractivity contribution in [3.63, 3.8) is 0 Å². The van der Waals surface area contributed by atoms with Crippen molar-refractivity contribution in [3.05, 3.63) is 60.0 Å². The summed E-state index contributed by atoms with van der Waals surface area (Å²) in [6.45, 7) is 3.97. The van der Waals surface area contributed by atoms with E-state index in [1.54, 1.807) is 12.4 Å². The van der Waals surface area contributed by atoms with Gasteiger partial charge in [-0.2, -0.15) is 0 Å². The van der Waals surface area contributed by atoms with Crippen LogP contribution in [0.4, 0.5) is 17.2 Å². The van der Waals surface area contributed by atoms with Crippen molar-refractivity contribution in [3.8, 4) is 11.4 Å². The predicted octanol–water partition coefficient (Wildman–Crippen LogP) is 4.25. The van der Waals surface area contributed by atoms with Crippen LogP contribution in [0.3, 0.4) is 0 Å². The number of rotatable bonds is 5. The number of anilines is 3. The van der Waals surface area contributed by atoms with E-state index >= 15 is 0 Å². The van der Waals surface area contributed by atoms with Gasteiger partial charge in [0.2, 0.25) is 5.91 Å². The highest BCUT2D eigenvalue weighted by atomic mass is 16.2. The second-order valence-electron chi connectivity index (χ2n) is 6.81. The Labute approximate surface area is 158 Å². The summed E-state index contributed by atoms with van der Waals surface area (Å²) < 4.78 is 0. The van der Waals surface area contributed by atoms with Crippen LogP contribution in [0.25, 0.3) is 11.4 Å². The topological polar surface area (TPSA) is 79.8 Å². The van der Waals surface area contributed by atoms with Crippen molar-refractivity contribution < 1.29 is 4.79 Å². The molecule has 4 rings (SSSR count). The molecule has 0 atom stereocenters. The maximum Gasteiger partial charge on any atom is 0.227 e. The average Bonchev–Trinajstić information content (AvgIpc) is 3.53. The molecule has 0 bridgehead atoms. The second kappa shape index (κ2) is 7.15. The Hall–Kier alpha value is -3.28. The first-order valence-electron chi connectivity index (χ1n) is 9.04. The lowest BCUT2D eigenvalue weighted by atomic mass is 10.2. The number of aryl methyl sites for hydroxylation is 1. The Morgan fingerprint density at radius 1 is 1.04 bits per heavy atom. The van der Waals surface area contributed by atoms with Gasteiger partial charge in [0.15, 0.2) is 5.82 Å². The number of amides is 1. The van der Waals surface area contributed by atoms with Gasteiger partial charge in [-0.3, -0.25) is 9.78 Å². The molecule has 136 valence electrons. The van der Waals surface area contributed by atoms with Crippen LogP contribution in [0.1, 0.15) is 24.1 Å². The van der Waals surface area contributed by atoms with E-state index in [-0.39, 0.29) is 11.8 Å². The standard InChI is InChI=1S/C21H21N5O/c1-13-14(2)23-20(16-4-3-11-22-12-16)26-19(13)24-17-7-9-18(10-8-17)25-21(27)15-5-6-15/h3-4,7-12,15H,5-6H2,1-2H3,(H,25,27)(H,23,24,26). The molecule has 2 N–H and O–H groups in total. The van der Waals surface area contributed by atoms with Gasteiger partial charge >= 0.3 is 0 Å². The van der Waals surface area contributed by atoms with Gasteiger partial charge in [0, 0.05) is 46.5 Å². The van der Waals surface area contributed by atoms with Crippen molar-refractivity contribution in [2.45, 2.75) is 26.7 Å². The Balaban J connectivity index is 1.54. The molecular weight excluding hydrogens is 338 g/mol. The lowest BCUT2D eigenvalue weighted by Crippen LogP contribution is -2.13. The molecule has 1 aliphatic rings. The predicted molar refractivity (Wildman–Crippen MR) is 106 cm³/mol. The summed E-state index contributed by atoms with van der Waals surface area (Å²) in [5, 5.41) is 6.30. The highest BCUT2D eigenvalue weighted by molar-refractivity contribution is 5.94. The monoisotopic (exact) mass is 359 g/mol. The Morgan fingerprint density at radius 2 is 1.78 bits per heavy atom. The van der Waals surface area contributed by atoms with Crippen LogP contribution in [0, 0.1) is 19.8 Å². The van der Waals surface area contributed by atoms with E-state index in [1.165, 1.54) is 0 Å². The van der Waals surface area contributed by atoms with E-state index in [0.717, 1.165) is 46.9 Å². The van der Waals surface area contributed by atoms with Crippen LogP contribution in [-0.4, -0.2) is 20.9 Å². The molecule has 0 saturated heterocycles. The SMILES string of the molecule is Cc1nc(-c2cccnc2)nc(Nc2ccc(NC(=O)C3CC3)cc2)c1C. The Bertz CT molecular complexity index is 966. The summed E-state index contributed by atoms with van der Waals surface area (Å²) in [4.78, 5) is 25.2. The first-order valence-corrected chi connectivity index (χ1v) is 9.04. The number of carbonyl (C=O) groups is 1. The Kier molecular flexibility index (Phi) is 4.54. The van der Waals surface area contributed by atoms with Crippen LogP contribution in [0.15, 0.2) is 48.8 Å². The highest BCUT2D eigenvalue weighted by Crippen LogP contribution is 2.30. The van der Waals surface area contributed by atoms with Crippen molar-refractivity contribution in [1.82, 2.24) is 15.0 Å². The molecule has 0 spiro atoms. The molecule has 27 heavy (non-hydrogen) atoms. The van der Waals surface area contributed by atoms with Crippen LogP contribution in [-0.2, 0) is 4.79 Å². The summed E-state index contributed by atoms with van der Waals surface area (Å²) in [5.74, 6) is 1.71. The summed E-state index contributed by atoms with van der Waals surface area (Å²) in [7, 11) is 0. The third-order valence-electron chi connectivity index (χ3n) is 4.67. The molecule has 1 saturated carbocycles. The molecule has 6 heteroatoms. The average molecular weight is 359 g/mol. The normalized spacial score (nSPS) is 13.3. The van der Waals surface area contributed by atoms with Gasteiger partial charge in [0.05, 0.1) is 0 Å². The molecule has 1 fully saturated rings. The molecule has 2 aromatic heterocycles. The molecule has 0 radical (unpaired) electrons. The van der Waals surface area contributed by atoms with Crippen LogP contribution >= 0.6 is 0 Å². The summed E-state index contributed by atoms with van der Waals surface area (Å²) in [5.41, 5.74) is 4.50. The van der Waals surface area contributed by atoms with E-state index < -0.39 is 0 Å². The van der Waals surface area contributed by atoms with Gasteiger partial charge in [0.25, 0.3) is 0 Å². The van der Waals surface area contributed by atoms with Crippen LogP contribution in [0.2, 0.25) is 0 Å². The molecule has 6 nitrogen and oxygen atoms in total. The van der Waals surface area contributed by atoms with Crippen molar-refractivity contribution in [2.24, 2.45) is 5.92 Å². The number of hydrogen-bond donors (Lipinski definition) is 2. The Morgan fingerprint density at radius 3 is 2.44 bits per heavy atom. The summed E-state index contributed by atoms with van der Waals surface area (Å²) in [6.07, 6.45) is 5.48. The molecule has 1 amide bonds. The van der Waals surface area contributed by atoms with Gasteiger partial charge in [-0.05, 0) is 63.1 Å². The summed E-state index contributed by atoms with van der Waals surface area (Å²) in [6, 6.07) is 11.5. The lowest BCUT2D eigenvalue weighted by Gasteiger charge is -2.13. The fourth-order valence-corrected chi connectivity index (χ4v) is 2.74. The number of carbonyl (C=O) groups excluding carboxylic acids is 1. The van der Waals surface area contributed by atoms with E-state index in [1.807, 2.05) is 50.2 Å². The number of aromatic nitrogens is 3. The third kappa shape index (κ3) is 3.95. The van der Waals surface area contributed by atoms with Crippen molar-refractivity contribution >= 4 is 23.1 Å². The fraction of sp³-hybridized carbons (Fsp3) is 0.238.